The lowest BCUT2D eigenvalue weighted by molar-refractivity contribution is -0.150. The Morgan fingerprint density at radius 3 is 2.53 bits per heavy atom. The van der Waals surface area contributed by atoms with Crippen molar-refractivity contribution >= 4 is 27.8 Å². The van der Waals surface area contributed by atoms with E-state index >= 15 is 0 Å². The molecule has 1 fully saturated rings. The first-order chi connectivity index (χ1) is 9.06. The average molecular weight is 334 g/mol. The molecule has 0 heterocycles. The predicted molar refractivity (Wildman–Crippen MR) is 78.2 cm³/mol. The van der Waals surface area contributed by atoms with Crippen molar-refractivity contribution < 1.29 is 14.3 Å². The van der Waals surface area contributed by atoms with Gasteiger partial charge >= 0.3 is 5.97 Å². The smallest absolute Gasteiger partial charge is 0.325 e. The second-order valence-electron chi connectivity index (χ2n) is 5.09. The molecule has 1 saturated carbocycles. The lowest BCUT2D eigenvalue weighted by Gasteiger charge is -2.29. The van der Waals surface area contributed by atoms with Crippen molar-refractivity contribution in [1.29, 1.82) is 0 Å². The minimum Gasteiger partial charge on any atom is -0.464 e. The van der Waals surface area contributed by atoms with Crippen LogP contribution in [0.25, 0.3) is 0 Å². The van der Waals surface area contributed by atoms with Crippen LogP contribution in [0.4, 0.5) is 0 Å². The standard InChI is InChI=1S/C14H24BrNO3/c1-3-4-9-19-13(17)10-16(14(18)11(2)15)12-7-5-6-8-12/h11-12H,3-10H2,1-2H3. The summed E-state index contributed by atoms with van der Waals surface area (Å²) >= 11 is 3.30. The number of carbonyl (C=O) groups is 2. The second kappa shape index (κ2) is 8.56. The molecule has 0 aromatic carbocycles. The van der Waals surface area contributed by atoms with Gasteiger partial charge < -0.3 is 9.64 Å². The number of unbranched alkanes of at least 4 members (excludes halogenated alkanes) is 1. The zero-order chi connectivity index (χ0) is 14.3. The minimum atomic E-state index is -0.290. The molecule has 0 radical (unpaired) electrons. The molecule has 110 valence electrons. The van der Waals surface area contributed by atoms with Crippen LogP contribution in [0.1, 0.15) is 52.4 Å². The lowest BCUT2D eigenvalue weighted by atomic mass is 10.2. The Bertz CT molecular complexity index is 301. The van der Waals surface area contributed by atoms with Crippen LogP contribution in [-0.2, 0) is 14.3 Å². The van der Waals surface area contributed by atoms with Gasteiger partial charge in [0, 0.05) is 6.04 Å². The third-order valence-corrected chi connectivity index (χ3v) is 3.84. The molecule has 1 atom stereocenters. The summed E-state index contributed by atoms with van der Waals surface area (Å²) < 4.78 is 5.15. The van der Waals surface area contributed by atoms with Gasteiger partial charge in [0.1, 0.15) is 6.54 Å². The van der Waals surface area contributed by atoms with Crippen LogP contribution in [0.2, 0.25) is 0 Å². The number of hydrogen-bond donors (Lipinski definition) is 0. The average Bonchev–Trinajstić information content (AvgIpc) is 2.89. The maximum atomic E-state index is 12.2. The lowest BCUT2D eigenvalue weighted by Crippen LogP contribution is -2.45. The van der Waals surface area contributed by atoms with Gasteiger partial charge in [0.2, 0.25) is 5.91 Å². The Labute approximate surface area is 124 Å². The van der Waals surface area contributed by atoms with E-state index in [0.29, 0.717) is 6.61 Å². The van der Waals surface area contributed by atoms with Gasteiger partial charge in [0.25, 0.3) is 0 Å². The van der Waals surface area contributed by atoms with Crippen LogP contribution in [0.15, 0.2) is 0 Å². The van der Waals surface area contributed by atoms with Gasteiger partial charge in [-0.3, -0.25) is 9.59 Å². The van der Waals surface area contributed by atoms with Crippen LogP contribution in [0.3, 0.4) is 0 Å². The van der Waals surface area contributed by atoms with Crippen molar-refractivity contribution in [3.05, 3.63) is 0 Å². The van der Waals surface area contributed by atoms with E-state index in [0.717, 1.165) is 38.5 Å². The molecule has 0 aromatic rings. The SMILES string of the molecule is CCCCOC(=O)CN(C(=O)C(C)Br)C1CCCC1. The Balaban J connectivity index is 2.53. The molecule has 0 aromatic heterocycles. The Morgan fingerprint density at radius 2 is 2.00 bits per heavy atom. The Kier molecular flexibility index (Phi) is 7.42. The summed E-state index contributed by atoms with van der Waals surface area (Å²) in [4.78, 5) is 25.4. The normalized spacial score (nSPS) is 17.2. The largest absolute Gasteiger partial charge is 0.464 e. The van der Waals surface area contributed by atoms with Gasteiger partial charge in [-0.25, -0.2) is 0 Å². The van der Waals surface area contributed by atoms with Gasteiger partial charge in [0.15, 0.2) is 0 Å². The van der Waals surface area contributed by atoms with Gasteiger partial charge in [-0.2, -0.15) is 0 Å². The fourth-order valence-corrected chi connectivity index (χ4v) is 2.61. The monoisotopic (exact) mass is 333 g/mol. The highest BCUT2D eigenvalue weighted by molar-refractivity contribution is 9.10. The first-order valence-corrected chi connectivity index (χ1v) is 8.08. The number of carbonyl (C=O) groups excluding carboxylic acids is 2. The van der Waals surface area contributed by atoms with Crippen molar-refractivity contribution in [3.8, 4) is 0 Å². The summed E-state index contributed by atoms with van der Waals surface area (Å²) in [6, 6.07) is 0.200. The minimum absolute atomic E-state index is 0.0145. The first-order valence-electron chi connectivity index (χ1n) is 7.16. The van der Waals surface area contributed by atoms with E-state index in [4.69, 9.17) is 4.74 Å². The van der Waals surface area contributed by atoms with E-state index in [2.05, 4.69) is 22.9 Å². The quantitative estimate of drug-likeness (QED) is 0.409. The Morgan fingerprint density at radius 1 is 1.37 bits per heavy atom. The molecule has 19 heavy (non-hydrogen) atoms. The molecule has 0 saturated heterocycles. The van der Waals surface area contributed by atoms with Crippen LogP contribution < -0.4 is 0 Å². The highest BCUT2D eigenvalue weighted by atomic mass is 79.9. The summed E-state index contributed by atoms with van der Waals surface area (Å²) in [6.07, 6.45) is 6.13. The predicted octanol–water partition coefficient (Wildman–Crippen LogP) is 2.88. The maximum Gasteiger partial charge on any atom is 0.325 e. The zero-order valence-corrected chi connectivity index (χ0v) is 13.4. The molecule has 1 aliphatic carbocycles. The molecule has 1 unspecified atom stereocenters. The number of esters is 1. The molecule has 0 N–H and O–H groups in total. The van der Waals surface area contributed by atoms with E-state index in [1.54, 1.807) is 11.8 Å². The van der Waals surface area contributed by atoms with E-state index in [9.17, 15) is 9.59 Å². The summed E-state index contributed by atoms with van der Waals surface area (Å²) in [6.45, 7) is 4.39. The topological polar surface area (TPSA) is 46.6 Å². The molecule has 0 aliphatic heterocycles. The van der Waals surface area contributed by atoms with Gasteiger partial charge in [0.05, 0.1) is 11.4 Å². The van der Waals surface area contributed by atoms with Crippen molar-refractivity contribution in [3.63, 3.8) is 0 Å². The molecule has 1 aliphatic rings. The molecule has 0 bridgehead atoms. The van der Waals surface area contributed by atoms with Gasteiger partial charge in [-0.05, 0) is 26.2 Å². The van der Waals surface area contributed by atoms with Crippen molar-refractivity contribution in [2.45, 2.75) is 63.2 Å². The molecular formula is C14H24BrNO3. The number of alkyl halides is 1. The molecule has 1 rings (SSSR count). The zero-order valence-electron chi connectivity index (χ0n) is 11.9. The number of halogens is 1. The van der Waals surface area contributed by atoms with Crippen LogP contribution >= 0.6 is 15.9 Å². The first kappa shape index (κ1) is 16.5. The van der Waals surface area contributed by atoms with Crippen molar-refractivity contribution in [2.24, 2.45) is 0 Å². The number of rotatable bonds is 7. The highest BCUT2D eigenvalue weighted by Gasteiger charge is 2.30. The number of nitrogens with zero attached hydrogens (tertiary/aromatic N) is 1. The maximum absolute atomic E-state index is 12.2. The summed E-state index contributed by atoms with van der Waals surface area (Å²) in [5.41, 5.74) is 0. The fraction of sp³-hybridized carbons (Fsp3) is 0.857. The van der Waals surface area contributed by atoms with Crippen LogP contribution in [0.5, 0.6) is 0 Å². The van der Waals surface area contributed by atoms with E-state index in [1.807, 2.05) is 0 Å². The van der Waals surface area contributed by atoms with Crippen LogP contribution in [-0.4, -0.2) is 40.8 Å². The van der Waals surface area contributed by atoms with Crippen molar-refractivity contribution in [1.82, 2.24) is 4.90 Å². The van der Waals surface area contributed by atoms with Crippen molar-refractivity contribution in [2.75, 3.05) is 13.2 Å². The molecule has 5 heteroatoms. The number of amides is 1. The Hall–Kier alpha value is -0.580. The van der Waals surface area contributed by atoms with E-state index in [-0.39, 0.29) is 29.3 Å². The number of hydrogen-bond acceptors (Lipinski definition) is 3. The third-order valence-electron chi connectivity index (χ3n) is 3.45. The molecule has 0 spiro atoms. The second-order valence-corrected chi connectivity index (χ2v) is 6.47. The molecule has 4 nitrogen and oxygen atoms in total. The van der Waals surface area contributed by atoms with E-state index < -0.39 is 0 Å². The molecular weight excluding hydrogens is 310 g/mol. The van der Waals surface area contributed by atoms with Gasteiger partial charge in [-0.15, -0.1) is 0 Å². The van der Waals surface area contributed by atoms with Gasteiger partial charge in [-0.1, -0.05) is 42.1 Å². The fourth-order valence-electron chi connectivity index (χ4n) is 2.35. The number of ether oxygens (including phenoxy) is 1. The van der Waals surface area contributed by atoms with E-state index in [1.165, 1.54) is 0 Å². The highest BCUT2D eigenvalue weighted by Crippen LogP contribution is 2.24. The molecule has 1 amide bonds. The summed E-state index contributed by atoms with van der Waals surface area (Å²) in [5.74, 6) is -0.304. The summed E-state index contributed by atoms with van der Waals surface area (Å²) in [5, 5.41) is 0. The van der Waals surface area contributed by atoms with Crippen LogP contribution in [0, 0.1) is 0 Å². The summed E-state index contributed by atoms with van der Waals surface area (Å²) in [7, 11) is 0. The third kappa shape index (κ3) is 5.51.